The second-order valence-electron chi connectivity index (χ2n) is 5.07. The lowest BCUT2D eigenvalue weighted by Crippen LogP contribution is -2.38. The van der Waals surface area contributed by atoms with Gasteiger partial charge in [0.1, 0.15) is 6.33 Å². The van der Waals surface area contributed by atoms with Gasteiger partial charge in [0.05, 0.1) is 16.5 Å². The van der Waals surface area contributed by atoms with Crippen LogP contribution in [-0.2, 0) is 6.18 Å². The molecule has 0 saturated carbocycles. The van der Waals surface area contributed by atoms with Crippen molar-refractivity contribution in [1.82, 2.24) is 14.8 Å². The molecule has 0 aliphatic rings. The Morgan fingerprint density at radius 3 is 2.19 bits per heavy atom. The Bertz CT molecular complexity index is 800. The fraction of sp³-hybridized carbons (Fsp3) is 0.385. The summed E-state index contributed by atoms with van der Waals surface area (Å²) in [5.41, 5.74) is 0.135. The Labute approximate surface area is 150 Å². The maximum absolute atomic E-state index is 13.1. The molecule has 0 spiro atoms. The molecular weight excluding hydrogens is 418 g/mol. The minimum absolute atomic E-state index is 0.0163. The second kappa shape index (κ2) is 6.87. The van der Waals surface area contributed by atoms with Crippen molar-refractivity contribution >= 4 is 23.4 Å². The quantitative estimate of drug-likeness (QED) is 0.476. The van der Waals surface area contributed by atoms with E-state index in [4.69, 9.17) is 11.6 Å². The molecule has 3 nitrogen and oxygen atoms in total. The number of hydrogen-bond acceptors (Lipinski definition) is 3. The zero-order valence-electron chi connectivity index (χ0n) is 12.6. The zero-order chi connectivity index (χ0) is 19.9. The van der Waals surface area contributed by atoms with Crippen molar-refractivity contribution in [2.75, 3.05) is 5.75 Å². The first-order chi connectivity index (χ1) is 11.7. The van der Waals surface area contributed by atoms with Gasteiger partial charge >= 0.3 is 18.3 Å². The normalized spacial score (nSPS) is 13.3. The van der Waals surface area contributed by atoms with Crippen molar-refractivity contribution in [3.8, 4) is 5.69 Å². The maximum atomic E-state index is 13.1. The Morgan fingerprint density at radius 2 is 1.69 bits per heavy atom. The molecular formula is C13H8ClF8N3S. The monoisotopic (exact) mass is 425 g/mol. The van der Waals surface area contributed by atoms with Crippen molar-refractivity contribution in [1.29, 1.82) is 0 Å². The molecule has 0 radical (unpaired) electrons. The molecule has 0 aliphatic carbocycles. The Balaban J connectivity index is 2.34. The van der Waals surface area contributed by atoms with E-state index in [-0.39, 0.29) is 32.9 Å². The predicted molar refractivity (Wildman–Crippen MR) is 77.8 cm³/mol. The second-order valence-corrected chi connectivity index (χ2v) is 6.49. The maximum Gasteiger partial charge on any atom is 0.454 e. The summed E-state index contributed by atoms with van der Waals surface area (Å²) in [7, 11) is 0. The zero-order valence-corrected chi connectivity index (χ0v) is 14.2. The number of thioether (sulfide) groups is 1. The Kier molecular flexibility index (Phi) is 5.48. The first kappa shape index (κ1) is 20.7. The molecule has 1 aromatic carbocycles. The lowest BCUT2D eigenvalue weighted by molar-refractivity contribution is -0.271. The van der Waals surface area contributed by atoms with E-state index in [1.54, 1.807) is 0 Å². The highest BCUT2D eigenvalue weighted by Gasteiger charge is 2.57. The van der Waals surface area contributed by atoms with E-state index in [9.17, 15) is 35.1 Å². The van der Waals surface area contributed by atoms with Crippen molar-refractivity contribution in [3.63, 3.8) is 0 Å². The van der Waals surface area contributed by atoms with E-state index in [2.05, 4.69) is 10.1 Å². The molecule has 13 heteroatoms. The summed E-state index contributed by atoms with van der Waals surface area (Å²) in [5, 5.41) is 3.11. The van der Waals surface area contributed by atoms with Gasteiger partial charge in [-0.1, -0.05) is 11.6 Å². The summed E-state index contributed by atoms with van der Waals surface area (Å²) >= 11 is 6.11. The van der Waals surface area contributed by atoms with Gasteiger partial charge in [-0.3, -0.25) is 0 Å². The molecule has 0 N–H and O–H groups in total. The largest absolute Gasteiger partial charge is 0.454 e. The van der Waals surface area contributed by atoms with Crippen molar-refractivity contribution < 1.29 is 35.1 Å². The number of rotatable bonds is 4. The smallest absolute Gasteiger partial charge is 0.219 e. The number of aromatic nitrogens is 3. The van der Waals surface area contributed by atoms with Gasteiger partial charge in [0.2, 0.25) is 0 Å². The molecule has 0 aliphatic heterocycles. The van der Waals surface area contributed by atoms with Gasteiger partial charge in [0.25, 0.3) is 5.82 Å². The third kappa shape index (κ3) is 4.40. The summed E-state index contributed by atoms with van der Waals surface area (Å²) in [6.45, 7) is 1.41. The van der Waals surface area contributed by atoms with Gasteiger partial charge in [-0.25, -0.2) is 9.67 Å². The molecule has 0 saturated heterocycles. The predicted octanol–water partition coefficient (Wildman–Crippen LogP) is 5.54. The van der Waals surface area contributed by atoms with E-state index in [1.165, 1.54) is 13.0 Å². The lowest BCUT2D eigenvalue weighted by Gasteiger charge is -2.19. The third-order valence-electron chi connectivity index (χ3n) is 3.06. The Hall–Kier alpha value is -1.56. The topological polar surface area (TPSA) is 30.7 Å². The fourth-order valence-electron chi connectivity index (χ4n) is 1.73. The van der Waals surface area contributed by atoms with Crippen LogP contribution < -0.4 is 0 Å². The molecule has 1 heterocycles. The Morgan fingerprint density at radius 1 is 1.08 bits per heavy atom. The van der Waals surface area contributed by atoms with Gasteiger partial charge in [0, 0.05) is 4.90 Å². The SMILES string of the molecule is Cc1cc(Cl)c(-n2cnc(C(F)(F)F)n2)cc1SCC(F)(F)C(F)(F)F. The number of hydrogen-bond donors (Lipinski definition) is 0. The lowest BCUT2D eigenvalue weighted by atomic mass is 10.2. The van der Waals surface area contributed by atoms with Crippen LogP contribution in [0.15, 0.2) is 23.4 Å². The van der Waals surface area contributed by atoms with E-state index in [0.29, 0.717) is 11.0 Å². The van der Waals surface area contributed by atoms with Gasteiger partial charge in [-0.2, -0.15) is 35.1 Å². The molecule has 2 rings (SSSR count). The number of aryl methyl sites for hydroxylation is 1. The summed E-state index contributed by atoms with van der Waals surface area (Å²) in [6.07, 6.45) is -9.82. The van der Waals surface area contributed by atoms with Crippen LogP contribution in [-0.4, -0.2) is 32.6 Å². The molecule has 26 heavy (non-hydrogen) atoms. The highest BCUT2D eigenvalue weighted by molar-refractivity contribution is 7.99. The van der Waals surface area contributed by atoms with E-state index >= 15 is 0 Å². The van der Waals surface area contributed by atoms with Crippen LogP contribution in [0.3, 0.4) is 0 Å². The molecule has 0 bridgehead atoms. The highest BCUT2D eigenvalue weighted by atomic mass is 35.5. The molecule has 144 valence electrons. The van der Waals surface area contributed by atoms with Crippen LogP contribution in [0, 0.1) is 6.92 Å². The summed E-state index contributed by atoms with van der Waals surface area (Å²) in [4.78, 5) is 3.05. The number of nitrogens with zero attached hydrogens (tertiary/aromatic N) is 3. The van der Waals surface area contributed by atoms with Crippen molar-refractivity contribution in [2.45, 2.75) is 30.1 Å². The van der Waals surface area contributed by atoms with E-state index in [0.717, 1.165) is 6.07 Å². The van der Waals surface area contributed by atoms with Crippen LogP contribution in [0.4, 0.5) is 35.1 Å². The first-order valence-corrected chi connectivity index (χ1v) is 7.95. The van der Waals surface area contributed by atoms with Gasteiger partial charge < -0.3 is 0 Å². The number of benzene rings is 1. The minimum atomic E-state index is -5.71. The summed E-state index contributed by atoms with van der Waals surface area (Å²) < 4.78 is 101. The third-order valence-corrected chi connectivity index (χ3v) is 4.62. The van der Waals surface area contributed by atoms with Crippen LogP contribution >= 0.6 is 23.4 Å². The molecule has 0 atom stereocenters. The van der Waals surface area contributed by atoms with Crippen LogP contribution in [0.1, 0.15) is 11.4 Å². The average molecular weight is 426 g/mol. The van der Waals surface area contributed by atoms with Gasteiger partial charge in [-0.05, 0) is 24.6 Å². The first-order valence-electron chi connectivity index (χ1n) is 6.59. The molecule has 2 aromatic rings. The molecule has 0 fully saturated rings. The molecule has 1 aromatic heterocycles. The van der Waals surface area contributed by atoms with Gasteiger partial charge in [-0.15, -0.1) is 16.9 Å². The van der Waals surface area contributed by atoms with Crippen LogP contribution in [0.25, 0.3) is 5.69 Å². The summed E-state index contributed by atoms with van der Waals surface area (Å²) in [6, 6.07) is 2.30. The molecule has 0 unspecified atom stereocenters. The number of halogens is 9. The van der Waals surface area contributed by atoms with Crippen LogP contribution in [0.2, 0.25) is 5.02 Å². The van der Waals surface area contributed by atoms with Crippen LogP contribution in [0.5, 0.6) is 0 Å². The fourth-order valence-corrected chi connectivity index (χ4v) is 3.02. The van der Waals surface area contributed by atoms with Gasteiger partial charge in [0.15, 0.2) is 0 Å². The number of alkyl halides is 8. The summed E-state index contributed by atoms with van der Waals surface area (Å²) in [5.74, 6) is -7.98. The van der Waals surface area contributed by atoms with E-state index < -0.39 is 29.9 Å². The van der Waals surface area contributed by atoms with E-state index in [1.807, 2.05) is 0 Å². The minimum Gasteiger partial charge on any atom is -0.219 e. The standard InChI is InChI=1S/C13H8ClF8N3S/c1-6-2-7(14)8(25-5-23-10(24-25)12(17,18)19)3-9(6)26-4-11(15,16)13(20,21)22/h2-3,5H,4H2,1H3. The van der Waals surface area contributed by atoms with Crippen molar-refractivity contribution in [2.24, 2.45) is 0 Å². The highest BCUT2D eigenvalue weighted by Crippen LogP contribution is 2.41. The van der Waals surface area contributed by atoms with Crippen molar-refractivity contribution in [3.05, 3.63) is 34.9 Å². The molecule has 0 amide bonds. The average Bonchev–Trinajstić information content (AvgIpc) is 2.94.